The lowest BCUT2D eigenvalue weighted by molar-refractivity contribution is -0.137. The molecule has 1 fully saturated rings. The summed E-state index contributed by atoms with van der Waals surface area (Å²) in [6.07, 6.45) is -2.46. The first-order valence-corrected chi connectivity index (χ1v) is 6.98. The molecule has 0 spiro atoms. The first-order chi connectivity index (χ1) is 8.62. The third kappa shape index (κ3) is 2.84. The Bertz CT molecular complexity index is 490. The summed E-state index contributed by atoms with van der Waals surface area (Å²) < 4.78 is 39.1. The van der Waals surface area contributed by atoms with Gasteiger partial charge in [-0.25, -0.2) is 4.98 Å². The minimum absolute atomic E-state index is 0.0326. The van der Waals surface area contributed by atoms with Gasteiger partial charge in [-0.3, -0.25) is 0 Å². The maximum absolute atomic E-state index is 12.9. The topological polar surface area (TPSA) is 24.9 Å². The number of nitrogens with one attached hydrogen (secondary N) is 1. The van der Waals surface area contributed by atoms with Crippen molar-refractivity contribution in [3.63, 3.8) is 0 Å². The molecule has 0 saturated heterocycles. The highest BCUT2D eigenvalue weighted by Crippen LogP contribution is 2.46. The molecule has 2 atom stereocenters. The lowest BCUT2D eigenvalue weighted by Crippen LogP contribution is -2.54. The van der Waals surface area contributed by atoms with Crippen LogP contribution in [0, 0.1) is 5.41 Å². The zero-order valence-electron chi connectivity index (χ0n) is 10.4. The Morgan fingerprint density at radius 2 is 2.11 bits per heavy atom. The standard InChI is InChI=1S/C12H13BrClF3N2/c1-11(2)8(14)4-9(11)19-10-7(12(15,16)17)3-6(13)5-18-10/h3,5,8-9H,4H2,1-2H3,(H,18,19). The van der Waals surface area contributed by atoms with E-state index >= 15 is 0 Å². The molecular weight excluding hydrogens is 344 g/mol. The van der Waals surface area contributed by atoms with Crippen LogP contribution < -0.4 is 5.32 Å². The number of alkyl halides is 4. The van der Waals surface area contributed by atoms with Crippen LogP contribution in [0.25, 0.3) is 0 Å². The first kappa shape index (κ1) is 14.9. The quantitative estimate of drug-likeness (QED) is 0.777. The average Bonchev–Trinajstić information content (AvgIpc) is 2.29. The van der Waals surface area contributed by atoms with E-state index in [4.69, 9.17) is 11.6 Å². The van der Waals surface area contributed by atoms with Crippen LogP contribution in [-0.2, 0) is 6.18 Å². The molecule has 1 heterocycles. The second kappa shape index (κ2) is 4.81. The van der Waals surface area contributed by atoms with Gasteiger partial charge in [-0.1, -0.05) is 13.8 Å². The van der Waals surface area contributed by atoms with E-state index in [0.717, 1.165) is 6.07 Å². The molecule has 1 aliphatic carbocycles. The highest BCUT2D eigenvalue weighted by atomic mass is 79.9. The summed E-state index contributed by atoms with van der Waals surface area (Å²) in [5.41, 5.74) is -1.02. The Hall–Kier alpha value is -0.490. The maximum Gasteiger partial charge on any atom is 0.419 e. The van der Waals surface area contributed by atoms with Gasteiger partial charge in [-0.2, -0.15) is 13.2 Å². The number of halogens is 5. The second-order valence-corrected chi connectivity index (χ2v) is 6.71. The van der Waals surface area contributed by atoms with E-state index in [2.05, 4.69) is 26.2 Å². The van der Waals surface area contributed by atoms with Crippen molar-refractivity contribution in [2.75, 3.05) is 5.32 Å². The molecule has 1 saturated carbocycles. The molecule has 7 heteroatoms. The van der Waals surface area contributed by atoms with Crippen molar-refractivity contribution >= 4 is 33.3 Å². The lowest BCUT2D eigenvalue weighted by Gasteiger charge is -2.49. The molecule has 0 aromatic carbocycles. The fraction of sp³-hybridized carbons (Fsp3) is 0.583. The molecule has 1 aliphatic rings. The van der Waals surface area contributed by atoms with Gasteiger partial charge in [0.2, 0.25) is 0 Å². The SMILES string of the molecule is CC1(C)C(Cl)CC1Nc1ncc(Br)cc1C(F)(F)F. The second-order valence-electron chi connectivity index (χ2n) is 5.27. The Balaban J connectivity index is 2.27. The lowest BCUT2D eigenvalue weighted by atomic mass is 9.67. The highest BCUT2D eigenvalue weighted by molar-refractivity contribution is 9.10. The third-order valence-corrected chi connectivity index (χ3v) is 4.79. The van der Waals surface area contributed by atoms with Crippen LogP contribution in [0.3, 0.4) is 0 Å². The van der Waals surface area contributed by atoms with Crippen molar-refractivity contribution in [2.24, 2.45) is 5.41 Å². The Morgan fingerprint density at radius 3 is 2.58 bits per heavy atom. The molecule has 2 unspecified atom stereocenters. The van der Waals surface area contributed by atoms with E-state index in [-0.39, 0.29) is 22.7 Å². The number of nitrogens with zero attached hydrogens (tertiary/aromatic N) is 1. The summed E-state index contributed by atoms with van der Waals surface area (Å²) in [6, 6.07) is 0.920. The summed E-state index contributed by atoms with van der Waals surface area (Å²) in [5.74, 6) is -0.141. The number of aromatic nitrogens is 1. The summed E-state index contributed by atoms with van der Waals surface area (Å²) in [4.78, 5) is 3.84. The van der Waals surface area contributed by atoms with E-state index in [1.807, 2.05) is 13.8 Å². The van der Waals surface area contributed by atoms with Gasteiger partial charge in [0.15, 0.2) is 0 Å². The number of hydrogen-bond donors (Lipinski definition) is 1. The molecule has 2 nitrogen and oxygen atoms in total. The van der Waals surface area contributed by atoms with Gasteiger partial charge in [-0.15, -0.1) is 11.6 Å². The zero-order valence-corrected chi connectivity index (χ0v) is 12.7. The molecule has 106 valence electrons. The smallest absolute Gasteiger partial charge is 0.366 e. The summed E-state index contributed by atoms with van der Waals surface area (Å²) in [5, 5.41) is 2.83. The van der Waals surface area contributed by atoms with Crippen molar-refractivity contribution in [3.8, 4) is 0 Å². The minimum atomic E-state index is -4.44. The highest BCUT2D eigenvalue weighted by Gasteiger charge is 2.48. The molecule has 2 rings (SSSR count). The normalized spacial score (nSPS) is 25.8. The fourth-order valence-corrected chi connectivity index (χ4v) is 2.71. The summed E-state index contributed by atoms with van der Waals surface area (Å²) in [6.45, 7) is 3.86. The van der Waals surface area contributed by atoms with Gasteiger partial charge in [0.25, 0.3) is 0 Å². The number of anilines is 1. The zero-order chi connectivity index (χ0) is 14.4. The molecule has 0 bridgehead atoms. The molecule has 0 aliphatic heterocycles. The molecule has 19 heavy (non-hydrogen) atoms. The molecule has 1 aromatic rings. The van der Waals surface area contributed by atoms with E-state index in [1.165, 1.54) is 6.20 Å². The van der Waals surface area contributed by atoms with Crippen LogP contribution in [0.1, 0.15) is 25.8 Å². The van der Waals surface area contributed by atoms with E-state index in [0.29, 0.717) is 10.9 Å². The predicted molar refractivity (Wildman–Crippen MR) is 72.4 cm³/mol. The van der Waals surface area contributed by atoms with Crippen molar-refractivity contribution in [1.82, 2.24) is 4.98 Å². The van der Waals surface area contributed by atoms with Crippen LogP contribution in [0.15, 0.2) is 16.7 Å². The van der Waals surface area contributed by atoms with Gasteiger partial charge in [-0.05, 0) is 28.4 Å². The molecule has 0 amide bonds. The molecule has 0 radical (unpaired) electrons. The van der Waals surface area contributed by atoms with Crippen LogP contribution >= 0.6 is 27.5 Å². The number of rotatable bonds is 2. The largest absolute Gasteiger partial charge is 0.419 e. The van der Waals surface area contributed by atoms with Crippen LogP contribution in [0.2, 0.25) is 0 Å². The van der Waals surface area contributed by atoms with Crippen molar-refractivity contribution < 1.29 is 13.2 Å². The summed E-state index contributed by atoms with van der Waals surface area (Å²) >= 11 is 9.07. The Morgan fingerprint density at radius 1 is 1.47 bits per heavy atom. The van der Waals surface area contributed by atoms with Crippen LogP contribution in [0.4, 0.5) is 19.0 Å². The molecule has 1 aromatic heterocycles. The summed E-state index contributed by atoms with van der Waals surface area (Å²) in [7, 11) is 0. The van der Waals surface area contributed by atoms with E-state index < -0.39 is 11.7 Å². The molecule has 1 N–H and O–H groups in total. The third-order valence-electron chi connectivity index (χ3n) is 3.62. The minimum Gasteiger partial charge on any atom is -0.366 e. The Labute approximate surface area is 122 Å². The van der Waals surface area contributed by atoms with Crippen LogP contribution in [0.5, 0.6) is 0 Å². The van der Waals surface area contributed by atoms with Gasteiger partial charge in [0.1, 0.15) is 5.82 Å². The van der Waals surface area contributed by atoms with Gasteiger partial charge < -0.3 is 5.32 Å². The first-order valence-electron chi connectivity index (χ1n) is 5.75. The Kier molecular flexibility index (Phi) is 3.77. The fourth-order valence-electron chi connectivity index (χ4n) is 2.05. The molecular formula is C12H13BrClF3N2. The maximum atomic E-state index is 12.9. The van der Waals surface area contributed by atoms with Crippen molar-refractivity contribution in [3.05, 3.63) is 22.3 Å². The average molecular weight is 358 g/mol. The predicted octanol–water partition coefficient (Wildman–Crippen LogP) is 4.68. The van der Waals surface area contributed by atoms with Crippen LogP contribution in [-0.4, -0.2) is 16.4 Å². The van der Waals surface area contributed by atoms with Gasteiger partial charge in [0, 0.05) is 27.5 Å². The van der Waals surface area contributed by atoms with E-state index in [1.54, 1.807) is 0 Å². The van der Waals surface area contributed by atoms with Gasteiger partial charge in [0.05, 0.1) is 5.56 Å². The number of pyridine rings is 1. The van der Waals surface area contributed by atoms with Crippen molar-refractivity contribution in [1.29, 1.82) is 0 Å². The van der Waals surface area contributed by atoms with E-state index in [9.17, 15) is 13.2 Å². The van der Waals surface area contributed by atoms with Gasteiger partial charge >= 0.3 is 6.18 Å². The van der Waals surface area contributed by atoms with Crippen molar-refractivity contribution in [2.45, 2.75) is 37.9 Å². The number of hydrogen-bond acceptors (Lipinski definition) is 2. The monoisotopic (exact) mass is 356 g/mol.